The first-order valence-electron chi connectivity index (χ1n) is 14.2. The second-order valence-electron chi connectivity index (χ2n) is 9.34. The van der Waals surface area contributed by atoms with Crippen LogP contribution in [0.1, 0.15) is 4.11 Å². The summed E-state index contributed by atoms with van der Waals surface area (Å²) < 4.78 is 27.8. The van der Waals surface area contributed by atoms with Crippen LogP contribution in [0.2, 0.25) is 0 Å². The van der Waals surface area contributed by atoms with E-state index in [0.29, 0.717) is 6.04 Å². The van der Waals surface area contributed by atoms with Gasteiger partial charge >= 0.3 is 0 Å². The molecule has 2 nitrogen and oxygen atoms in total. The number of nitrogens with zero attached hydrogens (tertiary/aromatic N) is 1. The minimum Gasteiger partial charge on any atom is -0.356 e. The number of hydrogen-bond donors (Lipinski definition) is 1. The smallest absolute Gasteiger partial charge is 0.0630 e. The van der Waals surface area contributed by atoms with Gasteiger partial charge in [-0.1, -0.05) is 97.0 Å². The quantitative estimate of drug-likeness (QED) is 0.254. The molecule has 0 amide bonds. The number of rotatable bonds is 5. The normalized spacial score (nSPS) is 12.3. The zero-order valence-corrected chi connectivity index (χ0v) is 20.6. The second kappa shape index (κ2) is 9.42. The summed E-state index contributed by atoms with van der Waals surface area (Å²) in [6.45, 7) is 0. The van der Waals surface area contributed by atoms with Crippen LogP contribution in [0.3, 0.4) is 0 Å². The van der Waals surface area contributed by atoms with Gasteiger partial charge in [0.25, 0.3) is 0 Å². The summed E-state index contributed by atoms with van der Waals surface area (Å²) in [6.07, 6.45) is 0. The van der Waals surface area contributed by atoms with E-state index in [0.717, 1.165) is 61.1 Å². The Hall–Kier alpha value is -5.08. The van der Waals surface area contributed by atoms with Crippen molar-refractivity contribution in [2.24, 2.45) is 0 Å². The third kappa shape index (κ3) is 4.03. The minimum absolute atomic E-state index is 0.176. The van der Waals surface area contributed by atoms with E-state index >= 15 is 0 Å². The monoisotopic (exact) mass is 489 g/mol. The Bertz CT molecular complexity index is 2010. The molecule has 1 aromatic heterocycles. The van der Waals surface area contributed by atoms with Crippen LogP contribution in [0.4, 0.5) is 11.4 Å². The Balaban J connectivity index is 1.34. The van der Waals surface area contributed by atoms with Crippen molar-refractivity contribution in [1.29, 1.82) is 0 Å². The summed E-state index contributed by atoms with van der Waals surface area (Å²) in [5.74, 6) is 0. The van der Waals surface area contributed by atoms with Crippen LogP contribution >= 0.6 is 0 Å². The van der Waals surface area contributed by atoms with Gasteiger partial charge in [0, 0.05) is 27.8 Å². The van der Waals surface area contributed by atoms with Crippen LogP contribution in [0.15, 0.2) is 152 Å². The molecule has 0 atom stereocenters. The van der Waals surface area contributed by atoms with Crippen molar-refractivity contribution in [2.45, 2.75) is 0 Å². The molecule has 0 aliphatic rings. The van der Waals surface area contributed by atoms with E-state index in [9.17, 15) is 0 Å². The van der Waals surface area contributed by atoms with Crippen molar-refractivity contribution in [1.82, 2.24) is 4.57 Å². The second-order valence-corrected chi connectivity index (χ2v) is 9.34. The molecule has 0 aliphatic heterocycles. The van der Waals surface area contributed by atoms with E-state index in [1.165, 1.54) is 0 Å². The molecule has 1 N–H and O–H groups in total. The van der Waals surface area contributed by atoms with Crippen LogP contribution in [-0.2, 0) is 0 Å². The van der Waals surface area contributed by atoms with Gasteiger partial charge in [0.05, 0.1) is 15.1 Å². The maximum absolute atomic E-state index is 8.98. The highest BCUT2D eigenvalue weighted by atomic mass is 15.0. The number of fused-ring (bicyclic) bond motifs is 3. The lowest BCUT2D eigenvalue weighted by Gasteiger charge is -2.10. The number of hydrogen-bond acceptors (Lipinski definition) is 1. The van der Waals surface area contributed by atoms with Crippen LogP contribution < -0.4 is 5.32 Å². The molecule has 0 fully saturated rings. The van der Waals surface area contributed by atoms with E-state index in [2.05, 4.69) is 52.3 Å². The fourth-order valence-electron chi connectivity index (χ4n) is 5.09. The van der Waals surface area contributed by atoms with E-state index < -0.39 is 0 Å². The van der Waals surface area contributed by atoms with Crippen molar-refractivity contribution < 1.29 is 4.11 Å². The van der Waals surface area contributed by atoms with Crippen molar-refractivity contribution in [3.63, 3.8) is 0 Å². The third-order valence-electron chi connectivity index (χ3n) is 6.98. The molecule has 1 heterocycles. The van der Waals surface area contributed by atoms with E-state index in [1.807, 2.05) is 78.9 Å². The van der Waals surface area contributed by atoms with Gasteiger partial charge in [0.1, 0.15) is 0 Å². The van der Waals surface area contributed by atoms with Gasteiger partial charge in [-0.05, 0) is 76.9 Å². The first-order chi connectivity index (χ1) is 20.0. The lowest BCUT2D eigenvalue weighted by atomic mass is 10.0. The first-order valence-corrected chi connectivity index (χ1v) is 12.7. The van der Waals surface area contributed by atoms with E-state index in [1.54, 1.807) is 12.1 Å². The maximum atomic E-state index is 8.98. The molecular weight excluding hydrogens is 460 g/mol. The fourth-order valence-corrected chi connectivity index (χ4v) is 5.09. The van der Waals surface area contributed by atoms with Crippen molar-refractivity contribution in [3.05, 3.63) is 152 Å². The first kappa shape index (κ1) is 19.1. The Morgan fingerprint density at radius 1 is 0.474 bits per heavy atom. The predicted molar refractivity (Wildman–Crippen MR) is 161 cm³/mol. The van der Waals surface area contributed by atoms with Crippen molar-refractivity contribution >= 4 is 33.2 Å². The summed E-state index contributed by atoms with van der Waals surface area (Å²) in [5.41, 5.74) is 8.73. The largest absolute Gasteiger partial charge is 0.356 e. The Morgan fingerprint density at radius 2 is 1.05 bits per heavy atom. The third-order valence-corrected chi connectivity index (χ3v) is 6.98. The number of anilines is 2. The van der Waals surface area contributed by atoms with Gasteiger partial charge in [-0.15, -0.1) is 0 Å². The minimum atomic E-state index is 0.176. The van der Waals surface area contributed by atoms with Gasteiger partial charge < -0.3 is 9.88 Å². The molecule has 7 aromatic rings. The number of para-hydroxylation sites is 2. The molecule has 0 radical (unpaired) electrons. The highest BCUT2D eigenvalue weighted by Gasteiger charge is 2.13. The molecule has 0 spiro atoms. The van der Waals surface area contributed by atoms with Gasteiger partial charge in [0.2, 0.25) is 0 Å². The lowest BCUT2D eigenvalue weighted by Crippen LogP contribution is -1.93. The fraction of sp³-hybridized carbons (Fsp3) is 0. The molecule has 38 heavy (non-hydrogen) atoms. The van der Waals surface area contributed by atoms with Gasteiger partial charge in [-0.2, -0.15) is 0 Å². The van der Waals surface area contributed by atoms with Crippen LogP contribution in [0, 0.1) is 0 Å². The molecule has 0 saturated heterocycles. The summed E-state index contributed by atoms with van der Waals surface area (Å²) in [7, 11) is 0. The van der Waals surface area contributed by atoms with Gasteiger partial charge in [-0.25, -0.2) is 0 Å². The molecule has 180 valence electrons. The zero-order valence-electron chi connectivity index (χ0n) is 23.6. The summed E-state index contributed by atoms with van der Waals surface area (Å²) >= 11 is 0. The zero-order chi connectivity index (χ0) is 27.9. The average Bonchev–Trinajstić information content (AvgIpc) is 3.30. The van der Waals surface area contributed by atoms with Gasteiger partial charge in [0.15, 0.2) is 0 Å². The maximum Gasteiger partial charge on any atom is 0.0630 e. The number of benzene rings is 6. The van der Waals surface area contributed by atoms with Gasteiger partial charge in [-0.3, -0.25) is 0 Å². The predicted octanol–water partition coefficient (Wildman–Crippen LogP) is 9.86. The standard InChI is InChI=1S/C36H26N2/c1-3-9-26(10-4-1)27-17-22-32(23-18-27)38-35-14-8-7-13-33(35)34-25-29(19-24-36(34)38)28-15-20-31(21-16-28)37-30-11-5-2-6-12-30/h1-25,37H/i7D,8D,19D. The van der Waals surface area contributed by atoms with E-state index in [-0.39, 0.29) is 12.1 Å². The lowest BCUT2D eigenvalue weighted by molar-refractivity contribution is 1.18. The highest BCUT2D eigenvalue weighted by molar-refractivity contribution is 6.10. The van der Waals surface area contributed by atoms with E-state index in [4.69, 9.17) is 4.11 Å². The molecule has 7 rings (SSSR count). The Kier molecular flexibility index (Phi) is 4.73. The summed E-state index contributed by atoms with van der Waals surface area (Å²) in [4.78, 5) is 0. The van der Waals surface area contributed by atoms with Crippen LogP contribution in [-0.4, -0.2) is 4.57 Å². The number of aromatic nitrogens is 1. The SMILES string of the molecule is [2H]c1cc2c3cc(-c4ccc(Nc5ccccc5)cc4)c([2H])cc3n(-c3ccc(-c4ccccc4)cc3)c2cc1[2H]. The topological polar surface area (TPSA) is 17.0 Å². The molecule has 0 saturated carbocycles. The molecule has 0 bridgehead atoms. The molecule has 0 aliphatic carbocycles. The molecular formula is C36H26N2. The average molecular weight is 490 g/mol. The summed E-state index contributed by atoms with van der Waals surface area (Å²) in [6, 6.07) is 45.0. The van der Waals surface area contributed by atoms with Crippen molar-refractivity contribution in [3.8, 4) is 27.9 Å². The van der Waals surface area contributed by atoms with Crippen molar-refractivity contribution in [2.75, 3.05) is 5.32 Å². The number of nitrogens with one attached hydrogen (secondary N) is 1. The Morgan fingerprint density at radius 3 is 1.82 bits per heavy atom. The van der Waals surface area contributed by atoms with Crippen LogP contribution in [0.5, 0.6) is 0 Å². The molecule has 2 heteroatoms. The molecule has 0 unspecified atom stereocenters. The highest BCUT2D eigenvalue weighted by Crippen LogP contribution is 2.35. The molecule has 6 aromatic carbocycles. The Labute approximate surface area is 226 Å². The summed E-state index contributed by atoms with van der Waals surface area (Å²) in [5, 5.41) is 5.27. The van der Waals surface area contributed by atoms with Crippen LogP contribution in [0.25, 0.3) is 49.7 Å².